The zero-order valence-corrected chi connectivity index (χ0v) is 6.08. The summed E-state index contributed by atoms with van der Waals surface area (Å²) in [6.07, 6.45) is -1.50. The van der Waals surface area contributed by atoms with E-state index in [9.17, 15) is 10.1 Å². The monoisotopic (exact) mass is 169 g/mol. The highest BCUT2D eigenvalue weighted by Crippen LogP contribution is 2.12. The molecule has 0 amide bonds. The Morgan fingerprint density at radius 1 is 1.42 bits per heavy atom. The molecule has 1 unspecified atom stereocenters. The molecular weight excluding hydrogens is 162 g/mol. The van der Waals surface area contributed by atoms with Crippen LogP contribution >= 0.6 is 0 Å². The first-order valence-electron chi connectivity index (χ1n) is 3.24. The lowest BCUT2D eigenvalue weighted by Crippen LogP contribution is -2.08. The predicted octanol–water partition coefficient (Wildman–Crippen LogP) is 0.886. The van der Waals surface area contributed by atoms with Crippen molar-refractivity contribution in [3.05, 3.63) is 46.0 Å². The van der Waals surface area contributed by atoms with Crippen molar-refractivity contribution in [2.45, 2.75) is 6.29 Å². The lowest BCUT2D eigenvalue weighted by molar-refractivity contribution is -0.782. The van der Waals surface area contributed by atoms with Crippen LogP contribution in [-0.2, 0) is 4.84 Å². The summed E-state index contributed by atoms with van der Waals surface area (Å²) in [5, 5.41) is 17.8. The normalized spacial score (nSPS) is 12.1. The smallest absolute Gasteiger partial charge is 0.297 e. The fraction of sp³-hybridized carbons (Fsp3) is 0.143. The lowest BCUT2D eigenvalue weighted by atomic mass is 10.2. The largest absolute Gasteiger partial charge is 0.365 e. The molecule has 5 heteroatoms. The molecule has 64 valence electrons. The summed E-state index contributed by atoms with van der Waals surface area (Å²) < 4.78 is 0. The number of aliphatic hydroxyl groups excluding tert-OH is 1. The lowest BCUT2D eigenvalue weighted by Gasteiger charge is -2.06. The van der Waals surface area contributed by atoms with Crippen molar-refractivity contribution in [2.75, 3.05) is 0 Å². The molecule has 0 spiro atoms. The standard InChI is InChI=1S/C7H7NO4/c9-7(12-8(10)11)6-4-2-1-3-5-6/h1-5,7,9H. The van der Waals surface area contributed by atoms with Gasteiger partial charge in [-0.1, -0.05) is 30.3 Å². The number of hydrogen-bond donors (Lipinski definition) is 1. The first kappa shape index (κ1) is 8.48. The van der Waals surface area contributed by atoms with E-state index in [1.54, 1.807) is 18.2 Å². The molecule has 1 N–H and O–H groups in total. The first-order chi connectivity index (χ1) is 5.70. The maximum Gasteiger partial charge on any atom is 0.297 e. The van der Waals surface area contributed by atoms with E-state index in [1.807, 2.05) is 0 Å². The van der Waals surface area contributed by atoms with Crippen molar-refractivity contribution in [1.29, 1.82) is 0 Å². The Balaban J connectivity index is 2.65. The second kappa shape index (κ2) is 3.68. The molecule has 1 aromatic rings. The Kier molecular flexibility index (Phi) is 2.60. The molecule has 1 atom stereocenters. The average Bonchev–Trinajstić information content (AvgIpc) is 2.05. The van der Waals surface area contributed by atoms with Crippen molar-refractivity contribution >= 4 is 0 Å². The van der Waals surface area contributed by atoms with Gasteiger partial charge in [-0.05, 0) is 0 Å². The molecule has 0 aromatic heterocycles. The van der Waals surface area contributed by atoms with E-state index < -0.39 is 11.4 Å². The highest BCUT2D eigenvalue weighted by molar-refractivity contribution is 5.15. The van der Waals surface area contributed by atoms with Gasteiger partial charge in [-0.3, -0.25) is 4.84 Å². The fourth-order valence-electron chi connectivity index (χ4n) is 0.760. The highest BCUT2D eigenvalue weighted by atomic mass is 17.0. The predicted molar refractivity (Wildman–Crippen MR) is 39.5 cm³/mol. The molecule has 0 heterocycles. The van der Waals surface area contributed by atoms with Crippen molar-refractivity contribution in [3.8, 4) is 0 Å². The molecule has 0 aliphatic heterocycles. The zero-order valence-electron chi connectivity index (χ0n) is 6.08. The van der Waals surface area contributed by atoms with Gasteiger partial charge in [-0.2, -0.15) is 0 Å². The van der Waals surface area contributed by atoms with Gasteiger partial charge in [-0.15, -0.1) is 10.1 Å². The minimum Gasteiger partial charge on any atom is -0.365 e. The van der Waals surface area contributed by atoms with Crippen molar-refractivity contribution in [3.63, 3.8) is 0 Å². The van der Waals surface area contributed by atoms with Crippen LogP contribution in [0.15, 0.2) is 30.3 Å². The van der Waals surface area contributed by atoms with Crippen LogP contribution in [0.5, 0.6) is 0 Å². The van der Waals surface area contributed by atoms with Gasteiger partial charge >= 0.3 is 0 Å². The van der Waals surface area contributed by atoms with Gasteiger partial charge in [0.05, 0.1) is 0 Å². The molecule has 0 saturated heterocycles. The molecule has 1 rings (SSSR count). The Labute approximate surface area is 68.3 Å². The Bertz CT molecular complexity index is 261. The third-order valence-corrected chi connectivity index (χ3v) is 1.27. The summed E-state index contributed by atoms with van der Waals surface area (Å²) >= 11 is 0. The molecule has 12 heavy (non-hydrogen) atoms. The molecule has 5 nitrogen and oxygen atoms in total. The summed E-state index contributed by atoms with van der Waals surface area (Å²) in [4.78, 5) is 13.7. The minimum atomic E-state index is -1.50. The zero-order chi connectivity index (χ0) is 8.97. The molecule has 0 aliphatic rings. The van der Waals surface area contributed by atoms with Crippen LogP contribution in [0.2, 0.25) is 0 Å². The van der Waals surface area contributed by atoms with E-state index in [1.165, 1.54) is 12.1 Å². The van der Waals surface area contributed by atoms with E-state index in [4.69, 9.17) is 5.11 Å². The number of rotatable bonds is 3. The van der Waals surface area contributed by atoms with Gasteiger partial charge in [0.15, 0.2) is 0 Å². The van der Waals surface area contributed by atoms with E-state index in [0.717, 1.165) is 0 Å². The van der Waals surface area contributed by atoms with Crippen molar-refractivity contribution < 1.29 is 15.0 Å². The summed E-state index contributed by atoms with van der Waals surface area (Å²) in [7, 11) is 0. The van der Waals surface area contributed by atoms with E-state index >= 15 is 0 Å². The molecule has 1 aromatic carbocycles. The average molecular weight is 169 g/mol. The van der Waals surface area contributed by atoms with Crippen LogP contribution in [0.25, 0.3) is 0 Å². The maximum absolute atomic E-state index is 9.81. The summed E-state index contributed by atoms with van der Waals surface area (Å²) in [5.41, 5.74) is 0.356. The molecule has 0 aliphatic carbocycles. The Morgan fingerprint density at radius 3 is 2.50 bits per heavy atom. The van der Waals surface area contributed by atoms with E-state index in [-0.39, 0.29) is 0 Å². The topological polar surface area (TPSA) is 72.6 Å². The van der Waals surface area contributed by atoms with Crippen LogP contribution < -0.4 is 0 Å². The van der Waals surface area contributed by atoms with Crippen molar-refractivity contribution in [2.24, 2.45) is 0 Å². The van der Waals surface area contributed by atoms with Gasteiger partial charge in [0.1, 0.15) is 0 Å². The molecule has 0 fully saturated rings. The fourth-order valence-corrected chi connectivity index (χ4v) is 0.760. The van der Waals surface area contributed by atoms with Gasteiger partial charge < -0.3 is 5.11 Å². The molecule has 0 bridgehead atoms. The van der Waals surface area contributed by atoms with Crippen LogP contribution in [0.3, 0.4) is 0 Å². The first-order valence-corrected chi connectivity index (χ1v) is 3.24. The maximum atomic E-state index is 9.81. The van der Waals surface area contributed by atoms with E-state index in [2.05, 4.69) is 4.84 Å². The van der Waals surface area contributed by atoms with Gasteiger partial charge in [0.25, 0.3) is 5.09 Å². The summed E-state index contributed by atoms with van der Waals surface area (Å²) in [6, 6.07) is 8.12. The summed E-state index contributed by atoms with van der Waals surface area (Å²) in [5.74, 6) is 0. The summed E-state index contributed by atoms with van der Waals surface area (Å²) in [6.45, 7) is 0. The van der Waals surface area contributed by atoms with Crippen molar-refractivity contribution in [1.82, 2.24) is 0 Å². The minimum absolute atomic E-state index is 0.356. The van der Waals surface area contributed by atoms with Crippen LogP contribution in [0.4, 0.5) is 0 Å². The highest BCUT2D eigenvalue weighted by Gasteiger charge is 2.09. The molecule has 0 saturated carbocycles. The van der Waals surface area contributed by atoms with Gasteiger partial charge in [-0.25, -0.2) is 0 Å². The molecule has 0 radical (unpaired) electrons. The molecular formula is C7H7NO4. The number of nitrogens with zero attached hydrogens (tertiary/aromatic N) is 1. The van der Waals surface area contributed by atoms with Gasteiger partial charge in [0, 0.05) is 5.56 Å². The second-order valence-electron chi connectivity index (χ2n) is 2.09. The van der Waals surface area contributed by atoms with Crippen LogP contribution in [0, 0.1) is 10.1 Å². The van der Waals surface area contributed by atoms with Crippen LogP contribution in [0.1, 0.15) is 11.9 Å². The number of aliphatic hydroxyl groups is 1. The SMILES string of the molecule is O=[N+]([O-])OC(O)c1ccccc1. The Morgan fingerprint density at radius 2 is 2.00 bits per heavy atom. The van der Waals surface area contributed by atoms with E-state index in [0.29, 0.717) is 5.56 Å². The number of benzene rings is 1. The third kappa shape index (κ3) is 2.21. The third-order valence-electron chi connectivity index (χ3n) is 1.27. The number of hydrogen-bond acceptors (Lipinski definition) is 4. The Hall–Kier alpha value is -1.62. The van der Waals surface area contributed by atoms with Crippen LogP contribution in [-0.4, -0.2) is 10.2 Å². The quantitative estimate of drug-likeness (QED) is 0.414. The second-order valence-corrected chi connectivity index (χ2v) is 2.09. The van der Waals surface area contributed by atoms with Gasteiger partial charge in [0.2, 0.25) is 6.29 Å².